The quantitative estimate of drug-likeness (QED) is 0.911. The molecule has 0 saturated heterocycles. The normalized spacial score (nSPS) is 11.1. The fourth-order valence-electron chi connectivity index (χ4n) is 1.42. The topological polar surface area (TPSA) is 76.1 Å². The maximum Gasteiger partial charge on any atom is 0.266 e. The van der Waals surface area contributed by atoms with E-state index in [4.69, 9.17) is 0 Å². The second-order valence-electron chi connectivity index (χ2n) is 3.75. The minimum atomic E-state index is -4.01. The summed E-state index contributed by atoms with van der Waals surface area (Å²) in [6.45, 7) is 0. The number of carbonyl (C=O) groups is 1. The van der Waals surface area contributed by atoms with Crippen LogP contribution < -0.4 is 4.72 Å². The minimum Gasteiger partial charge on any atom is -0.268 e. The van der Waals surface area contributed by atoms with Crippen molar-refractivity contribution < 1.29 is 17.6 Å². The van der Waals surface area contributed by atoms with Crippen LogP contribution in [0.2, 0.25) is 0 Å². The molecular formula is C12H8BrFN2O3S. The second kappa shape index (κ2) is 5.68. The molecule has 2 aromatic rings. The highest BCUT2D eigenvalue weighted by Crippen LogP contribution is 2.18. The molecule has 1 aromatic carbocycles. The molecular weight excluding hydrogens is 351 g/mol. The largest absolute Gasteiger partial charge is 0.268 e. The van der Waals surface area contributed by atoms with Crippen LogP contribution in [0.5, 0.6) is 0 Å². The van der Waals surface area contributed by atoms with E-state index in [0.29, 0.717) is 0 Å². The molecule has 1 amide bonds. The number of sulfonamides is 1. The molecule has 0 spiro atoms. The van der Waals surface area contributed by atoms with E-state index >= 15 is 0 Å². The van der Waals surface area contributed by atoms with Crippen LogP contribution in [-0.2, 0) is 10.0 Å². The van der Waals surface area contributed by atoms with Crippen molar-refractivity contribution in [2.75, 3.05) is 0 Å². The number of benzene rings is 1. The van der Waals surface area contributed by atoms with Crippen LogP contribution in [0.3, 0.4) is 0 Å². The van der Waals surface area contributed by atoms with Crippen molar-refractivity contribution in [2.45, 2.75) is 4.90 Å². The van der Waals surface area contributed by atoms with E-state index in [1.165, 1.54) is 24.4 Å². The van der Waals surface area contributed by atoms with Crippen LogP contribution in [0.15, 0.2) is 52.1 Å². The minimum absolute atomic E-state index is 0.0128. The van der Waals surface area contributed by atoms with E-state index in [2.05, 4.69) is 20.9 Å². The highest BCUT2D eigenvalue weighted by molar-refractivity contribution is 9.10. The van der Waals surface area contributed by atoms with Crippen LogP contribution in [0, 0.1) is 5.82 Å². The van der Waals surface area contributed by atoms with E-state index in [1.807, 2.05) is 4.72 Å². The van der Waals surface area contributed by atoms with E-state index in [9.17, 15) is 17.6 Å². The molecule has 1 aromatic heterocycles. The molecule has 0 aliphatic rings. The Balaban J connectivity index is 2.28. The molecule has 8 heteroatoms. The Labute approximate surface area is 123 Å². The van der Waals surface area contributed by atoms with E-state index < -0.39 is 21.7 Å². The van der Waals surface area contributed by atoms with Crippen molar-refractivity contribution in [3.63, 3.8) is 0 Å². The van der Waals surface area contributed by atoms with Crippen molar-refractivity contribution in [1.29, 1.82) is 0 Å². The molecule has 0 aliphatic carbocycles. The summed E-state index contributed by atoms with van der Waals surface area (Å²) >= 11 is 3.00. The fraction of sp³-hybridized carbons (Fsp3) is 0. The van der Waals surface area contributed by atoms with E-state index in [0.717, 1.165) is 18.3 Å². The Morgan fingerprint density at radius 1 is 1.30 bits per heavy atom. The first-order chi connectivity index (χ1) is 9.40. The van der Waals surface area contributed by atoms with E-state index in [1.54, 1.807) is 0 Å². The second-order valence-corrected chi connectivity index (χ2v) is 6.28. The molecule has 1 heterocycles. The number of pyridine rings is 1. The predicted octanol–water partition coefficient (Wildman–Crippen LogP) is 2.10. The van der Waals surface area contributed by atoms with Crippen LogP contribution in [0.25, 0.3) is 0 Å². The fourth-order valence-corrected chi connectivity index (χ4v) is 2.88. The lowest BCUT2D eigenvalue weighted by Gasteiger charge is -2.07. The molecule has 0 radical (unpaired) electrons. The third-order valence-corrected chi connectivity index (χ3v) is 4.32. The summed E-state index contributed by atoms with van der Waals surface area (Å²) in [7, 11) is -4.01. The molecule has 0 bridgehead atoms. The predicted molar refractivity (Wildman–Crippen MR) is 73.0 cm³/mol. The van der Waals surface area contributed by atoms with Gasteiger partial charge in [-0.1, -0.05) is 0 Å². The van der Waals surface area contributed by atoms with Gasteiger partial charge < -0.3 is 0 Å². The number of hydrogen-bond donors (Lipinski definition) is 1. The van der Waals surface area contributed by atoms with Gasteiger partial charge in [-0.15, -0.1) is 0 Å². The standard InChI is InChI=1S/C12H8BrFN2O3S/c13-11-6-8(14)3-4-10(11)12(17)16-20(18,19)9-2-1-5-15-7-9/h1-7H,(H,16,17). The maximum atomic E-state index is 12.9. The lowest BCUT2D eigenvalue weighted by atomic mass is 10.2. The average molecular weight is 359 g/mol. The van der Waals surface area contributed by atoms with Crippen molar-refractivity contribution >= 4 is 31.9 Å². The Bertz CT molecular complexity index is 751. The highest BCUT2D eigenvalue weighted by Gasteiger charge is 2.20. The molecule has 0 aliphatic heterocycles. The SMILES string of the molecule is O=C(NS(=O)(=O)c1cccnc1)c1ccc(F)cc1Br. The van der Waals surface area contributed by atoms with Gasteiger partial charge in [0.25, 0.3) is 15.9 Å². The van der Waals surface area contributed by atoms with Gasteiger partial charge in [-0.2, -0.15) is 0 Å². The third-order valence-electron chi connectivity index (χ3n) is 2.35. The maximum absolute atomic E-state index is 12.9. The van der Waals surface area contributed by atoms with Gasteiger partial charge in [-0.05, 0) is 46.3 Å². The zero-order chi connectivity index (χ0) is 14.8. The van der Waals surface area contributed by atoms with Gasteiger partial charge in [0.1, 0.15) is 10.7 Å². The zero-order valence-electron chi connectivity index (χ0n) is 9.88. The Morgan fingerprint density at radius 2 is 2.05 bits per heavy atom. The summed E-state index contributed by atoms with van der Waals surface area (Å²) in [5.74, 6) is -1.40. The number of aromatic nitrogens is 1. The summed E-state index contributed by atoms with van der Waals surface area (Å²) in [6.07, 6.45) is 2.53. The Morgan fingerprint density at radius 3 is 2.65 bits per heavy atom. The number of rotatable bonds is 3. The van der Waals surface area contributed by atoms with Crippen LogP contribution in [-0.4, -0.2) is 19.3 Å². The third kappa shape index (κ3) is 3.20. The summed E-state index contributed by atoms with van der Waals surface area (Å²) in [6, 6.07) is 6.07. The molecule has 20 heavy (non-hydrogen) atoms. The van der Waals surface area contributed by atoms with Gasteiger partial charge in [0.2, 0.25) is 0 Å². The molecule has 0 saturated carbocycles. The van der Waals surface area contributed by atoms with Gasteiger partial charge in [-0.3, -0.25) is 9.78 Å². The molecule has 0 atom stereocenters. The summed E-state index contributed by atoms with van der Waals surface area (Å²) in [5.41, 5.74) is 0.0128. The van der Waals surface area contributed by atoms with Crippen molar-refractivity contribution in [1.82, 2.24) is 9.71 Å². The van der Waals surface area contributed by atoms with Crippen LogP contribution in [0.4, 0.5) is 4.39 Å². The lowest BCUT2D eigenvalue weighted by Crippen LogP contribution is -2.30. The molecule has 2 rings (SSSR count). The first-order valence-corrected chi connectivity index (χ1v) is 7.60. The number of nitrogens with zero attached hydrogens (tertiary/aromatic N) is 1. The zero-order valence-corrected chi connectivity index (χ0v) is 12.3. The first kappa shape index (κ1) is 14.6. The number of carbonyl (C=O) groups excluding carboxylic acids is 1. The molecule has 5 nitrogen and oxygen atoms in total. The molecule has 104 valence electrons. The smallest absolute Gasteiger partial charge is 0.266 e. The summed E-state index contributed by atoms with van der Waals surface area (Å²) in [5, 5.41) is 0. The molecule has 0 fully saturated rings. The molecule has 0 unspecified atom stereocenters. The van der Waals surface area contributed by atoms with Gasteiger partial charge in [0.05, 0.1) is 5.56 Å². The van der Waals surface area contributed by atoms with Gasteiger partial charge in [-0.25, -0.2) is 17.5 Å². The summed E-state index contributed by atoms with van der Waals surface area (Å²) in [4.78, 5) is 15.4. The average Bonchev–Trinajstić information content (AvgIpc) is 2.39. The highest BCUT2D eigenvalue weighted by atomic mass is 79.9. The number of hydrogen-bond acceptors (Lipinski definition) is 4. The number of nitrogens with one attached hydrogen (secondary N) is 1. The van der Waals surface area contributed by atoms with Crippen molar-refractivity contribution in [3.8, 4) is 0 Å². The van der Waals surface area contributed by atoms with Gasteiger partial charge in [0, 0.05) is 16.9 Å². The van der Waals surface area contributed by atoms with Gasteiger partial charge >= 0.3 is 0 Å². The number of halogens is 2. The van der Waals surface area contributed by atoms with Gasteiger partial charge in [0.15, 0.2) is 0 Å². The van der Waals surface area contributed by atoms with Crippen molar-refractivity contribution in [2.24, 2.45) is 0 Å². The Kier molecular flexibility index (Phi) is 4.15. The van der Waals surface area contributed by atoms with E-state index in [-0.39, 0.29) is 14.9 Å². The lowest BCUT2D eigenvalue weighted by molar-refractivity contribution is 0.0980. The molecule has 1 N–H and O–H groups in total. The number of amides is 1. The monoisotopic (exact) mass is 358 g/mol. The first-order valence-electron chi connectivity index (χ1n) is 5.32. The summed E-state index contributed by atoms with van der Waals surface area (Å²) < 4.78 is 38.8. The van der Waals surface area contributed by atoms with Crippen LogP contribution in [0.1, 0.15) is 10.4 Å². The Hall–Kier alpha value is -1.80. The van der Waals surface area contributed by atoms with Crippen molar-refractivity contribution in [3.05, 3.63) is 58.6 Å². The van der Waals surface area contributed by atoms with Crippen LogP contribution >= 0.6 is 15.9 Å².